The van der Waals surface area contributed by atoms with Gasteiger partial charge in [0.1, 0.15) is 5.75 Å². The molecule has 19 heavy (non-hydrogen) atoms. The maximum absolute atomic E-state index is 5.50. The highest BCUT2D eigenvalue weighted by Crippen LogP contribution is 2.36. The Bertz CT molecular complexity index is 595. The van der Waals surface area contributed by atoms with Crippen LogP contribution in [0.5, 0.6) is 5.75 Å². The molecule has 102 valence electrons. The van der Waals surface area contributed by atoms with Gasteiger partial charge in [-0.15, -0.1) is 0 Å². The lowest BCUT2D eigenvalue weighted by Crippen LogP contribution is -2.01. The van der Waals surface area contributed by atoms with E-state index in [1.165, 1.54) is 3.57 Å². The first-order valence-electron chi connectivity index (χ1n) is 6.21. The topological polar surface area (TPSA) is 27.1 Å². The van der Waals surface area contributed by atoms with Crippen LogP contribution in [0.2, 0.25) is 0 Å². The van der Waals surface area contributed by atoms with Gasteiger partial charge in [-0.1, -0.05) is 22.9 Å². The predicted octanol–water partition coefficient (Wildman–Crippen LogP) is 4.51. The Balaban J connectivity index is 2.67. The molecule has 2 aromatic rings. The number of hydrogen-bond donors (Lipinski definition) is 0. The summed E-state index contributed by atoms with van der Waals surface area (Å²) in [5.74, 6) is 0.865. The number of aromatic nitrogens is 2. The third-order valence-electron chi connectivity index (χ3n) is 3.01. The lowest BCUT2D eigenvalue weighted by Gasteiger charge is -2.11. The number of methoxy groups -OCH3 is 1. The zero-order chi connectivity index (χ0) is 14.0. The van der Waals surface area contributed by atoms with Gasteiger partial charge in [0.05, 0.1) is 22.1 Å². The van der Waals surface area contributed by atoms with Crippen molar-refractivity contribution in [3.05, 3.63) is 31.9 Å². The smallest absolute Gasteiger partial charge is 0.129 e. The highest BCUT2D eigenvalue weighted by atomic mass is 127. The van der Waals surface area contributed by atoms with E-state index in [-0.39, 0.29) is 0 Å². The van der Waals surface area contributed by atoms with Crippen LogP contribution >= 0.6 is 38.5 Å². The van der Waals surface area contributed by atoms with E-state index in [1.54, 1.807) is 7.11 Å². The first-order valence-corrected chi connectivity index (χ1v) is 8.08. The molecule has 1 aromatic carbocycles. The van der Waals surface area contributed by atoms with Crippen molar-refractivity contribution in [1.29, 1.82) is 0 Å². The maximum Gasteiger partial charge on any atom is 0.129 e. The van der Waals surface area contributed by atoms with Crippen LogP contribution in [0.4, 0.5) is 0 Å². The first-order chi connectivity index (χ1) is 9.12. The Kier molecular flexibility index (Phi) is 4.89. The van der Waals surface area contributed by atoms with Crippen molar-refractivity contribution in [1.82, 2.24) is 9.78 Å². The van der Waals surface area contributed by atoms with E-state index in [0.29, 0.717) is 0 Å². The minimum atomic E-state index is 0.852. The number of ether oxygens (including phenoxy) is 1. The molecule has 1 aromatic heterocycles. The zero-order valence-electron chi connectivity index (χ0n) is 11.2. The van der Waals surface area contributed by atoms with Crippen LogP contribution in [-0.4, -0.2) is 16.9 Å². The van der Waals surface area contributed by atoms with Gasteiger partial charge in [0.25, 0.3) is 0 Å². The summed E-state index contributed by atoms with van der Waals surface area (Å²) in [4.78, 5) is 0. The number of nitrogens with zero attached hydrogens (tertiary/aromatic N) is 2. The second kappa shape index (κ2) is 6.26. The van der Waals surface area contributed by atoms with Crippen molar-refractivity contribution in [2.24, 2.45) is 0 Å². The van der Waals surface area contributed by atoms with Gasteiger partial charge in [0.2, 0.25) is 0 Å². The molecule has 0 fully saturated rings. The second-order valence-corrected chi connectivity index (χ2v) is 6.12. The van der Waals surface area contributed by atoms with Crippen LogP contribution in [0.3, 0.4) is 0 Å². The molecule has 0 aliphatic heterocycles. The molecular weight excluding hydrogens is 419 g/mol. The number of halogens is 2. The fourth-order valence-corrected chi connectivity index (χ4v) is 3.46. The molecule has 0 bridgehead atoms. The number of aryl methyl sites for hydroxylation is 2. The Hall–Kier alpha value is -0.560. The molecule has 0 aliphatic rings. The molecule has 0 N–H and O–H groups in total. The largest absolute Gasteiger partial charge is 0.496 e. The number of hydrogen-bond acceptors (Lipinski definition) is 2. The Labute approximate surface area is 135 Å². The van der Waals surface area contributed by atoms with Gasteiger partial charge in [-0.3, -0.25) is 4.68 Å². The third kappa shape index (κ3) is 2.81. The van der Waals surface area contributed by atoms with Gasteiger partial charge in [-0.05, 0) is 54.1 Å². The predicted molar refractivity (Wildman–Crippen MR) is 89.7 cm³/mol. The van der Waals surface area contributed by atoms with Gasteiger partial charge in [0.15, 0.2) is 0 Å². The number of benzene rings is 1. The van der Waals surface area contributed by atoms with Gasteiger partial charge >= 0.3 is 0 Å². The first kappa shape index (κ1) is 14.8. The molecular formula is C14H16BrIN2O. The van der Waals surface area contributed by atoms with Gasteiger partial charge in [-0.25, -0.2) is 0 Å². The van der Waals surface area contributed by atoms with Crippen LogP contribution < -0.4 is 4.74 Å². The molecule has 0 unspecified atom stereocenters. The summed E-state index contributed by atoms with van der Waals surface area (Å²) in [7, 11) is 1.70. The molecule has 0 saturated carbocycles. The molecule has 0 aliphatic carbocycles. The van der Waals surface area contributed by atoms with Crippen molar-refractivity contribution in [3.63, 3.8) is 0 Å². The van der Waals surface area contributed by atoms with Crippen molar-refractivity contribution >= 4 is 38.5 Å². The third-order valence-corrected chi connectivity index (χ3v) is 4.64. The maximum atomic E-state index is 5.50. The van der Waals surface area contributed by atoms with E-state index >= 15 is 0 Å². The molecule has 0 spiro atoms. The summed E-state index contributed by atoms with van der Waals surface area (Å²) in [6.45, 7) is 5.09. The van der Waals surface area contributed by atoms with Crippen molar-refractivity contribution < 1.29 is 4.74 Å². The average Bonchev–Trinajstić information content (AvgIpc) is 2.75. The number of rotatable bonds is 4. The van der Waals surface area contributed by atoms with Crippen molar-refractivity contribution in [3.8, 4) is 17.0 Å². The summed E-state index contributed by atoms with van der Waals surface area (Å²) in [6.07, 6.45) is 0.942. The lowest BCUT2D eigenvalue weighted by atomic mass is 10.1. The summed E-state index contributed by atoms with van der Waals surface area (Å²) < 4.78 is 9.78. The molecule has 0 saturated heterocycles. The Morgan fingerprint density at radius 3 is 2.68 bits per heavy atom. The SMILES string of the molecule is CCc1nn(CC)c(-c2ccc(Br)cc2OC)c1I. The van der Waals surface area contributed by atoms with E-state index in [4.69, 9.17) is 4.74 Å². The summed E-state index contributed by atoms with van der Waals surface area (Å²) in [5.41, 5.74) is 3.37. The summed E-state index contributed by atoms with van der Waals surface area (Å²) in [6, 6.07) is 6.10. The average molecular weight is 435 g/mol. The van der Waals surface area contributed by atoms with Crippen molar-refractivity contribution in [2.75, 3.05) is 7.11 Å². The van der Waals surface area contributed by atoms with E-state index in [2.05, 4.69) is 63.5 Å². The van der Waals surface area contributed by atoms with E-state index in [0.717, 1.165) is 40.1 Å². The lowest BCUT2D eigenvalue weighted by molar-refractivity contribution is 0.415. The van der Waals surface area contributed by atoms with Crippen LogP contribution in [0, 0.1) is 3.57 Å². The monoisotopic (exact) mass is 434 g/mol. The molecule has 0 radical (unpaired) electrons. The van der Waals surface area contributed by atoms with E-state index < -0.39 is 0 Å². The fraction of sp³-hybridized carbons (Fsp3) is 0.357. The molecule has 3 nitrogen and oxygen atoms in total. The molecule has 1 heterocycles. The fourth-order valence-electron chi connectivity index (χ4n) is 2.06. The van der Waals surface area contributed by atoms with Crippen LogP contribution in [0.1, 0.15) is 19.5 Å². The van der Waals surface area contributed by atoms with Gasteiger partial charge in [-0.2, -0.15) is 5.10 Å². The second-order valence-electron chi connectivity index (χ2n) is 4.12. The van der Waals surface area contributed by atoms with Crippen LogP contribution in [0.25, 0.3) is 11.3 Å². The van der Waals surface area contributed by atoms with E-state index in [9.17, 15) is 0 Å². The molecule has 0 atom stereocenters. The van der Waals surface area contributed by atoms with Gasteiger partial charge < -0.3 is 4.74 Å². The minimum absolute atomic E-state index is 0.852. The summed E-state index contributed by atoms with van der Waals surface area (Å²) in [5, 5.41) is 4.66. The van der Waals surface area contributed by atoms with Crippen LogP contribution in [0.15, 0.2) is 22.7 Å². The molecule has 0 amide bonds. The highest BCUT2D eigenvalue weighted by molar-refractivity contribution is 14.1. The standard InChI is InChI=1S/C14H16BrIN2O/c1-4-11-13(16)14(18(5-2)17-11)10-7-6-9(15)8-12(10)19-3/h6-8H,4-5H2,1-3H3. The van der Waals surface area contributed by atoms with Crippen molar-refractivity contribution in [2.45, 2.75) is 26.8 Å². The Morgan fingerprint density at radius 1 is 1.37 bits per heavy atom. The zero-order valence-corrected chi connectivity index (χ0v) is 14.9. The van der Waals surface area contributed by atoms with E-state index in [1.807, 2.05) is 16.8 Å². The van der Waals surface area contributed by atoms with Crippen LogP contribution in [-0.2, 0) is 13.0 Å². The minimum Gasteiger partial charge on any atom is -0.496 e. The summed E-state index contributed by atoms with van der Waals surface area (Å²) >= 11 is 5.86. The normalized spacial score (nSPS) is 10.8. The molecule has 2 rings (SSSR count). The quantitative estimate of drug-likeness (QED) is 0.662. The van der Waals surface area contributed by atoms with Gasteiger partial charge in [0, 0.05) is 16.6 Å². The molecule has 5 heteroatoms. The Morgan fingerprint density at radius 2 is 2.11 bits per heavy atom. The highest BCUT2D eigenvalue weighted by Gasteiger charge is 2.18.